The number of rotatable bonds is 5. The van der Waals surface area contributed by atoms with Crippen molar-refractivity contribution in [1.29, 1.82) is 0 Å². The molecular formula is C13H17N3O3. The van der Waals surface area contributed by atoms with Gasteiger partial charge in [-0.1, -0.05) is 18.2 Å². The van der Waals surface area contributed by atoms with Gasteiger partial charge in [-0.15, -0.1) is 0 Å². The van der Waals surface area contributed by atoms with Crippen LogP contribution in [0.2, 0.25) is 0 Å². The molecule has 0 aliphatic carbocycles. The van der Waals surface area contributed by atoms with Crippen molar-refractivity contribution in [2.24, 2.45) is 0 Å². The molecule has 1 aromatic carbocycles. The molecule has 0 fully saturated rings. The fraction of sp³-hybridized carbons (Fsp3) is 0.385. The van der Waals surface area contributed by atoms with Gasteiger partial charge in [-0.3, -0.25) is 9.89 Å². The molecule has 1 aromatic heterocycles. The summed E-state index contributed by atoms with van der Waals surface area (Å²) in [5, 5.41) is 7.73. The highest BCUT2D eigenvalue weighted by Gasteiger charge is 2.20. The van der Waals surface area contributed by atoms with Gasteiger partial charge in [-0.2, -0.15) is 5.10 Å². The highest BCUT2D eigenvalue weighted by molar-refractivity contribution is 6.04. The van der Waals surface area contributed by atoms with E-state index < -0.39 is 6.29 Å². The van der Waals surface area contributed by atoms with Crippen LogP contribution in [0.5, 0.6) is 0 Å². The topological polar surface area (TPSA) is 67.5 Å². The summed E-state index contributed by atoms with van der Waals surface area (Å²) >= 11 is 0. The minimum absolute atomic E-state index is 0.170. The third kappa shape index (κ3) is 2.74. The number of methoxy groups -OCH3 is 2. The Hall–Kier alpha value is -1.92. The van der Waals surface area contributed by atoms with E-state index in [1.807, 2.05) is 24.3 Å². The Balaban J connectivity index is 2.19. The van der Waals surface area contributed by atoms with Gasteiger partial charge in [0.15, 0.2) is 12.0 Å². The monoisotopic (exact) mass is 263 g/mol. The molecule has 19 heavy (non-hydrogen) atoms. The van der Waals surface area contributed by atoms with Gasteiger partial charge in [0.25, 0.3) is 5.91 Å². The molecule has 2 rings (SSSR count). The van der Waals surface area contributed by atoms with E-state index in [1.165, 1.54) is 19.1 Å². The first-order chi connectivity index (χ1) is 9.17. The number of hydrogen-bond donors (Lipinski definition) is 1. The summed E-state index contributed by atoms with van der Waals surface area (Å²) in [5.41, 5.74) is 1.25. The number of aromatic amines is 1. The predicted molar refractivity (Wildman–Crippen MR) is 70.9 cm³/mol. The summed E-state index contributed by atoms with van der Waals surface area (Å²) in [6.45, 7) is 0.340. The summed E-state index contributed by atoms with van der Waals surface area (Å²) in [6.07, 6.45) is -0.445. The lowest BCUT2D eigenvalue weighted by Gasteiger charge is -2.21. The Kier molecular flexibility index (Phi) is 4.13. The maximum atomic E-state index is 12.3. The zero-order chi connectivity index (χ0) is 13.8. The lowest BCUT2D eigenvalue weighted by molar-refractivity contribution is -0.110. The Morgan fingerprint density at radius 3 is 2.74 bits per heavy atom. The number of nitrogens with zero attached hydrogens (tertiary/aromatic N) is 2. The maximum Gasteiger partial charge on any atom is 0.274 e. The van der Waals surface area contributed by atoms with E-state index >= 15 is 0 Å². The van der Waals surface area contributed by atoms with Crippen molar-refractivity contribution in [3.05, 3.63) is 30.0 Å². The van der Waals surface area contributed by atoms with Crippen molar-refractivity contribution in [3.63, 3.8) is 0 Å². The molecule has 0 saturated carbocycles. The minimum Gasteiger partial charge on any atom is -0.354 e. The molecular weight excluding hydrogens is 246 g/mol. The Morgan fingerprint density at radius 2 is 2.05 bits per heavy atom. The van der Waals surface area contributed by atoms with Gasteiger partial charge in [-0.05, 0) is 6.07 Å². The van der Waals surface area contributed by atoms with Crippen LogP contribution in [0.1, 0.15) is 10.5 Å². The van der Waals surface area contributed by atoms with Gasteiger partial charge < -0.3 is 14.4 Å². The summed E-state index contributed by atoms with van der Waals surface area (Å²) in [6, 6.07) is 7.52. The quantitative estimate of drug-likeness (QED) is 0.824. The molecule has 0 saturated heterocycles. The van der Waals surface area contributed by atoms with Gasteiger partial charge in [0, 0.05) is 26.7 Å². The first-order valence-corrected chi connectivity index (χ1v) is 5.91. The number of fused-ring (bicyclic) bond motifs is 1. The molecule has 1 N–H and O–H groups in total. The van der Waals surface area contributed by atoms with Crippen molar-refractivity contribution in [2.75, 3.05) is 27.8 Å². The number of para-hydroxylation sites is 1. The number of benzene rings is 1. The van der Waals surface area contributed by atoms with Crippen LogP contribution < -0.4 is 0 Å². The SMILES string of the molecule is COC(CN(C)C(=O)c1n[nH]c2ccccc12)OC. The molecule has 1 heterocycles. The third-order valence-electron chi connectivity index (χ3n) is 2.97. The summed E-state index contributed by atoms with van der Waals surface area (Å²) in [7, 11) is 4.77. The van der Waals surface area contributed by atoms with Crippen LogP contribution in [0.3, 0.4) is 0 Å². The van der Waals surface area contributed by atoms with Gasteiger partial charge in [-0.25, -0.2) is 0 Å². The maximum absolute atomic E-state index is 12.3. The fourth-order valence-corrected chi connectivity index (χ4v) is 1.86. The fourth-order valence-electron chi connectivity index (χ4n) is 1.86. The van der Waals surface area contributed by atoms with Gasteiger partial charge in [0.1, 0.15) is 0 Å². The van der Waals surface area contributed by atoms with Crippen molar-refractivity contribution in [1.82, 2.24) is 15.1 Å². The lowest BCUT2D eigenvalue weighted by Crippen LogP contribution is -2.36. The molecule has 0 spiro atoms. The smallest absolute Gasteiger partial charge is 0.274 e. The highest BCUT2D eigenvalue weighted by atomic mass is 16.7. The predicted octanol–water partition coefficient (Wildman–Crippen LogP) is 1.25. The molecule has 6 nitrogen and oxygen atoms in total. The molecule has 0 radical (unpaired) electrons. The second kappa shape index (κ2) is 5.81. The van der Waals surface area contributed by atoms with E-state index in [9.17, 15) is 4.79 Å². The average Bonchev–Trinajstić information content (AvgIpc) is 2.87. The van der Waals surface area contributed by atoms with E-state index in [0.717, 1.165) is 10.9 Å². The van der Waals surface area contributed by atoms with E-state index in [-0.39, 0.29) is 5.91 Å². The molecule has 0 aliphatic heterocycles. The van der Waals surface area contributed by atoms with Crippen LogP contribution in [0.25, 0.3) is 10.9 Å². The molecule has 102 valence electrons. The van der Waals surface area contributed by atoms with Crippen LogP contribution in [0.4, 0.5) is 0 Å². The normalized spacial score (nSPS) is 11.2. The van der Waals surface area contributed by atoms with Gasteiger partial charge in [0.05, 0.1) is 12.1 Å². The molecule has 2 aromatic rings. The molecule has 1 amide bonds. The zero-order valence-corrected chi connectivity index (χ0v) is 11.2. The van der Waals surface area contributed by atoms with Crippen LogP contribution >= 0.6 is 0 Å². The van der Waals surface area contributed by atoms with E-state index in [4.69, 9.17) is 9.47 Å². The number of hydrogen-bond acceptors (Lipinski definition) is 4. The van der Waals surface area contributed by atoms with Crippen LogP contribution in [0, 0.1) is 0 Å². The Labute approximate surface area is 111 Å². The number of nitrogens with one attached hydrogen (secondary N) is 1. The summed E-state index contributed by atoms with van der Waals surface area (Å²) in [5.74, 6) is -0.170. The molecule has 6 heteroatoms. The van der Waals surface area contributed by atoms with Crippen molar-refractivity contribution in [2.45, 2.75) is 6.29 Å². The number of carbonyl (C=O) groups is 1. The number of likely N-dealkylation sites (N-methyl/N-ethyl adjacent to an activating group) is 1. The highest BCUT2D eigenvalue weighted by Crippen LogP contribution is 2.16. The van der Waals surface area contributed by atoms with Crippen LogP contribution in [-0.4, -0.2) is 55.1 Å². The Morgan fingerprint density at radius 1 is 1.37 bits per heavy atom. The van der Waals surface area contributed by atoms with Crippen LogP contribution in [-0.2, 0) is 9.47 Å². The zero-order valence-electron chi connectivity index (χ0n) is 11.2. The standard InChI is InChI=1S/C13H17N3O3/c1-16(8-11(18-2)19-3)13(17)12-9-6-4-5-7-10(9)14-15-12/h4-7,11H,8H2,1-3H3,(H,14,15). The molecule has 0 aliphatic rings. The molecule has 0 bridgehead atoms. The second-order valence-corrected chi connectivity index (χ2v) is 4.20. The molecule has 0 atom stereocenters. The number of amides is 1. The largest absolute Gasteiger partial charge is 0.354 e. The minimum atomic E-state index is -0.445. The Bertz CT molecular complexity index is 563. The van der Waals surface area contributed by atoms with E-state index in [1.54, 1.807) is 7.05 Å². The number of ether oxygens (including phenoxy) is 2. The van der Waals surface area contributed by atoms with Gasteiger partial charge in [0.2, 0.25) is 0 Å². The van der Waals surface area contributed by atoms with Crippen molar-refractivity contribution < 1.29 is 14.3 Å². The van der Waals surface area contributed by atoms with Crippen molar-refractivity contribution in [3.8, 4) is 0 Å². The summed E-state index contributed by atoms with van der Waals surface area (Å²) < 4.78 is 10.2. The number of carbonyl (C=O) groups excluding carboxylic acids is 1. The lowest BCUT2D eigenvalue weighted by atomic mass is 10.2. The van der Waals surface area contributed by atoms with Crippen LogP contribution in [0.15, 0.2) is 24.3 Å². The van der Waals surface area contributed by atoms with Crippen molar-refractivity contribution >= 4 is 16.8 Å². The number of aromatic nitrogens is 2. The van der Waals surface area contributed by atoms with E-state index in [2.05, 4.69) is 10.2 Å². The second-order valence-electron chi connectivity index (χ2n) is 4.20. The number of H-pyrrole nitrogens is 1. The third-order valence-corrected chi connectivity index (χ3v) is 2.97. The van der Waals surface area contributed by atoms with E-state index in [0.29, 0.717) is 12.2 Å². The first kappa shape index (κ1) is 13.5. The van der Waals surface area contributed by atoms with Gasteiger partial charge >= 0.3 is 0 Å². The first-order valence-electron chi connectivity index (χ1n) is 5.91. The summed E-state index contributed by atoms with van der Waals surface area (Å²) in [4.78, 5) is 13.8. The average molecular weight is 263 g/mol. The molecule has 0 unspecified atom stereocenters.